The van der Waals surface area contributed by atoms with Gasteiger partial charge in [0.15, 0.2) is 0 Å². The van der Waals surface area contributed by atoms with Gasteiger partial charge in [0.25, 0.3) is 0 Å². The van der Waals surface area contributed by atoms with E-state index in [1.807, 2.05) is 41.5 Å². The molecule has 10 aromatic rings. The molecule has 2 aliphatic heterocycles. The Morgan fingerprint density at radius 1 is 0.395 bits per heavy atom. The van der Waals surface area contributed by atoms with E-state index >= 15 is 0 Å². The van der Waals surface area contributed by atoms with E-state index in [9.17, 15) is 0 Å². The van der Waals surface area contributed by atoms with Crippen molar-refractivity contribution < 1.29 is 42.1 Å². The molecule has 4 aliphatic carbocycles. The van der Waals surface area contributed by atoms with Gasteiger partial charge in [0, 0.05) is 10.6 Å². The van der Waals surface area contributed by atoms with Gasteiger partial charge in [-0.3, -0.25) is 0 Å². The Morgan fingerprint density at radius 3 is 1.09 bits per heavy atom. The second-order valence-corrected chi connectivity index (χ2v) is 26.8. The van der Waals surface area contributed by atoms with Crippen molar-refractivity contribution in [3.8, 4) is 44.5 Å². The molecule has 10 aromatic carbocycles. The van der Waals surface area contributed by atoms with E-state index in [0.717, 1.165) is 16.4 Å². The van der Waals surface area contributed by atoms with Crippen LogP contribution in [-0.2, 0) is 34.1 Å². The Morgan fingerprint density at radius 2 is 0.709 bits per heavy atom. The van der Waals surface area contributed by atoms with Gasteiger partial charge in [-0.2, -0.15) is 6.42 Å². The molecule has 0 N–H and O–H groups in total. The summed E-state index contributed by atoms with van der Waals surface area (Å²) in [5, 5.41) is 5.15. The summed E-state index contributed by atoms with van der Waals surface area (Å²) in [6.45, 7) is 26.1. The molecule has 2 atom stereocenters. The molecule has 16 rings (SSSR count). The van der Waals surface area contributed by atoms with Crippen molar-refractivity contribution in [1.29, 1.82) is 0 Å². The van der Waals surface area contributed by atoms with Crippen LogP contribution >= 0.6 is 15.9 Å². The van der Waals surface area contributed by atoms with Crippen LogP contribution < -0.4 is 24.3 Å². The van der Waals surface area contributed by atoms with Gasteiger partial charge in [0.05, 0.1) is 33.2 Å². The van der Waals surface area contributed by atoms with Crippen LogP contribution in [0.4, 0.5) is 0 Å². The molecule has 2 heterocycles. The molecule has 0 bridgehead atoms. The molecule has 2 saturated heterocycles. The first kappa shape index (κ1) is 60.0. The molecule has 2 unspecified atom stereocenters. The van der Waals surface area contributed by atoms with E-state index in [0.29, 0.717) is 0 Å². The van der Waals surface area contributed by atoms with E-state index in [1.165, 1.54) is 117 Å². The fourth-order valence-corrected chi connectivity index (χ4v) is 14.2. The van der Waals surface area contributed by atoms with Crippen LogP contribution in [0.3, 0.4) is 0 Å². The normalized spacial score (nSPS) is 19.8. The summed E-state index contributed by atoms with van der Waals surface area (Å²) in [5.74, 6) is 0. The number of fused-ring (bicyclic) bond motifs is 22. The zero-order valence-corrected chi connectivity index (χ0v) is 53.5. The third-order valence-electron chi connectivity index (χ3n) is 19.4. The van der Waals surface area contributed by atoms with E-state index in [1.54, 1.807) is 0 Å². The van der Waals surface area contributed by atoms with Gasteiger partial charge < -0.3 is 30.2 Å². The van der Waals surface area contributed by atoms with Crippen molar-refractivity contribution >= 4 is 57.4 Å². The number of rotatable bonds is 4. The molecule has 426 valence electrons. The molecular weight excluding hydrogens is 1110 g/mol. The van der Waals surface area contributed by atoms with Crippen LogP contribution in [0, 0.1) is 6.92 Å². The van der Waals surface area contributed by atoms with Gasteiger partial charge in [-0.1, -0.05) is 199 Å². The van der Waals surface area contributed by atoms with Crippen LogP contribution in [0.1, 0.15) is 134 Å². The van der Waals surface area contributed by atoms with E-state index in [2.05, 4.69) is 264 Å². The molecule has 0 saturated carbocycles. The predicted molar refractivity (Wildman–Crippen MR) is 356 cm³/mol. The summed E-state index contributed by atoms with van der Waals surface area (Å²) in [4.78, 5) is 0. The van der Waals surface area contributed by atoms with Crippen LogP contribution in [0.15, 0.2) is 211 Å². The summed E-state index contributed by atoms with van der Waals surface area (Å²) >= 11 is 3.71. The SMILES string of the molecule is Brc1ccc2c(c1)-c1ccccc1C21c2ccccc2-c2cc3ccccc3cc21.CC(C)OB1OC(C)(C)C(C)(C)O1.CC1(C)OB(c2ccc3c(c2)-c2ccccc2C32c3ccccc3-c3cc4ccccc4cc32)OC1(C)C.[CH2-]CCC.[Li+]. The molecule has 2 spiro atoms. The second kappa shape index (κ2) is 22.4. The molecule has 9 heteroatoms. The molecule has 0 aromatic heterocycles. The number of halogens is 1. The minimum Gasteiger partial charge on any atom is -0.399 e. The van der Waals surface area contributed by atoms with Crippen LogP contribution in [-0.4, -0.2) is 42.9 Å². The largest absolute Gasteiger partial charge is 1.00 e. The summed E-state index contributed by atoms with van der Waals surface area (Å²) < 4.78 is 30.7. The zero-order chi connectivity index (χ0) is 59.4. The average molecular weight is 1190 g/mol. The molecular formula is C77H74B2BrLiO5. The Labute approximate surface area is 530 Å². The monoisotopic (exact) mass is 1190 g/mol. The average Bonchev–Trinajstić information content (AvgIpc) is 1.52. The molecule has 0 amide bonds. The van der Waals surface area contributed by atoms with E-state index < -0.39 is 7.32 Å². The maximum Gasteiger partial charge on any atom is 1.00 e. The third kappa shape index (κ3) is 9.39. The van der Waals surface area contributed by atoms with Gasteiger partial charge >= 0.3 is 33.3 Å². The summed E-state index contributed by atoms with van der Waals surface area (Å²) in [7, 11) is -0.911. The van der Waals surface area contributed by atoms with Gasteiger partial charge in [-0.25, -0.2) is 0 Å². The first-order valence-electron chi connectivity index (χ1n) is 30.3. The molecule has 6 aliphatic rings. The minimum absolute atomic E-state index is 0. The van der Waals surface area contributed by atoms with Crippen molar-refractivity contribution in [3.05, 3.63) is 262 Å². The summed E-state index contributed by atoms with van der Waals surface area (Å²) in [6.07, 6.45) is 2.40. The topological polar surface area (TPSA) is 46.2 Å². The number of hydrogen-bond acceptors (Lipinski definition) is 5. The molecule has 5 nitrogen and oxygen atoms in total. The minimum atomic E-state index is -0.523. The Balaban J connectivity index is 0.000000134. The van der Waals surface area contributed by atoms with Crippen molar-refractivity contribution in [2.75, 3.05) is 0 Å². The summed E-state index contributed by atoms with van der Waals surface area (Å²) in [5.41, 5.74) is 20.7. The van der Waals surface area contributed by atoms with E-state index in [-0.39, 0.29) is 65.3 Å². The number of hydrogen-bond donors (Lipinski definition) is 0. The van der Waals surface area contributed by atoms with E-state index in [4.69, 9.17) is 23.3 Å². The van der Waals surface area contributed by atoms with Crippen molar-refractivity contribution in [1.82, 2.24) is 0 Å². The zero-order valence-electron chi connectivity index (χ0n) is 51.9. The Hall–Kier alpha value is -6.27. The van der Waals surface area contributed by atoms with Crippen molar-refractivity contribution in [3.63, 3.8) is 0 Å². The third-order valence-corrected chi connectivity index (χ3v) is 19.9. The standard InChI is InChI=1S/C35H29BO2.C29H17Br.C9H19BO3.C4H9.Li/c1-33(2)34(3,4)38-36(37-33)24-17-18-31-28(21-24)26-14-8-10-16-30(26)35(31)29-15-9-7-13-25(29)27-19-22-11-5-6-12-23(22)20-32(27)35;30-20-13-14-27-24(17-20)22-10-4-6-12-26(22)29(27)25-11-5-3-9-21(25)23-15-18-7-1-2-8-19(18)16-28(23)29;1-7(2)11-10-12-8(3,4)9(5,6)13-10;1-3-4-2;/h5-21H,1-4H3;1-17H;7H,1-6H3;1,3-4H2,2H3;/q;;;-1;+1. The van der Waals surface area contributed by atoms with Gasteiger partial charge in [-0.05, 0) is 222 Å². The Kier molecular flexibility index (Phi) is 15.6. The van der Waals surface area contributed by atoms with Crippen LogP contribution in [0.2, 0.25) is 0 Å². The molecule has 2 fully saturated rings. The second-order valence-electron chi connectivity index (χ2n) is 25.8. The smallest absolute Gasteiger partial charge is 0.399 e. The van der Waals surface area contributed by atoms with Crippen LogP contribution in [0.5, 0.6) is 0 Å². The quantitative estimate of drug-likeness (QED) is 0.130. The van der Waals surface area contributed by atoms with Gasteiger partial charge in [0.2, 0.25) is 0 Å². The maximum atomic E-state index is 6.45. The number of benzene rings is 10. The fourth-order valence-electron chi connectivity index (χ4n) is 13.8. The number of unbranched alkanes of at least 4 members (excludes halogenated alkanes) is 1. The van der Waals surface area contributed by atoms with Crippen molar-refractivity contribution in [2.45, 2.75) is 128 Å². The fraction of sp³-hybridized carbons (Fsp3) is 0.260. The van der Waals surface area contributed by atoms with Crippen LogP contribution in [0.25, 0.3) is 66.1 Å². The molecule has 86 heavy (non-hydrogen) atoms. The van der Waals surface area contributed by atoms with Gasteiger partial charge in [0.1, 0.15) is 0 Å². The van der Waals surface area contributed by atoms with Gasteiger partial charge in [-0.15, -0.1) is 0 Å². The molecule has 0 radical (unpaired) electrons. The summed E-state index contributed by atoms with van der Waals surface area (Å²) in [6, 6.07) is 76.5. The first-order valence-corrected chi connectivity index (χ1v) is 31.1. The Bertz CT molecular complexity index is 4230. The first-order chi connectivity index (χ1) is 40.8. The maximum absolute atomic E-state index is 6.45. The predicted octanol–water partition coefficient (Wildman–Crippen LogP) is 16.1. The van der Waals surface area contributed by atoms with Crippen molar-refractivity contribution in [2.24, 2.45) is 0 Å².